The Kier molecular flexibility index (Phi) is 6.56. The summed E-state index contributed by atoms with van der Waals surface area (Å²) in [5.74, 6) is 2.36. The number of hydrogen-bond acceptors (Lipinski definition) is 8. The van der Waals surface area contributed by atoms with Gasteiger partial charge in [-0.25, -0.2) is 8.78 Å². The van der Waals surface area contributed by atoms with Crippen LogP contribution in [0.5, 0.6) is 11.8 Å². The van der Waals surface area contributed by atoms with E-state index in [0.717, 1.165) is 32.2 Å². The first kappa shape index (κ1) is 28.0. The van der Waals surface area contributed by atoms with Crippen molar-refractivity contribution in [2.24, 2.45) is 0 Å². The molecule has 1 aromatic heterocycles. The monoisotopic (exact) mass is 606 g/mol. The number of aromatic nitrogens is 2. The third kappa shape index (κ3) is 4.55. The molecule has 2 unspecified atom stereocenters. The molecule has 8 rings (SSSR count). The average Bonchev–Trinajstić information content (AvgIpc) is 3.69. The highest BCUT2D eigenvalue weighted by atomic mass is 19.1. The summed E-state index contributed by atoms with van der Waals surface area (Å²) >= 11 is 0. The smallest absolute Gasteiger partial charge is 0.319 e. The first-order valence-electron chi connectivity index (χ1n) is 15.6. The number of nitrogens with one attached hydrogen (secondary N) is 1. The number of halogens is 2. The zero-order valence-corrected chi connectivity index (χ0v) is 24.7. The minimum absolute atomic E-state index is 0.00112. The summed E-state index contributed by atoms with van der Waals surface area (Å²) in [7, 11) is 0. The zero-order chi connectivity index (χ0) is 30.9. The van der Waals surface area contributed by atoms with E-state index in [2.05, 4.69) is 32.1 Å². The first-order chi connectivity index (χ1) is 21.9. The number of fused-ring (bicyclic) bond motifs is 5. The van der Waals surface area contributed by atoms with E-state index >= 15 is 4.39 Å². The minimum Gasteiger partial charge on any atom is -0.508 e. The predicted molar refractivity (Wildman–Crippen MR) is 167 cm³/mol. The van der Waals surface area contributed by atoms with Crippen LogP contribution in [0.3, 0.4) is 0 Å². The number of nitrogens with zero attached hydrogens (tertiary/aromatic N) is 5. The van der Waals surface area contributed by atoms with Crippen LogP contribution in [-0.4, -0.2) is 76.6 Å². The molecule has 0 spiro atoms. The van der Waals surface area contributed by atoms with Crippen LogP contribution in [-0.2, 0) is 0 Å². The van der Waals surface area contributed by atoms with E-state index < -0.39 is 17.5 Å². The summed E-state index contributed by atoms with van der Waals surface area (Å²) in [4.78, 5) is 13.7. The van der Waals surface area contributed by atoms with Gasteiger partial charge in [0.05, 0.1) is 17.2 Å². The average molecular weight is 607 g/mol. The maximum atomic E-state index is 17.1. The van der Waals surface area contributed by atoms with Crippen molar-refractivity contribution in [2.75, 3.05) is 37.7 Å². The van der Waals surface area contributed by atoms with Crippen molar-refractivity contribution in [1.82, 2.24) is 20.2 Å². The standard InChI is InChI=1S/C35H32F2N6O2/c1-2-20-5-3-6-21-11-26(44)13-27(29(20)21)30-22(15-38)12-28-32(31(30)37)40-34(41-33(28)42-17-24-7-8-25(18-42)39-24)45-19-35-9-4-10-43(35)16-23(36)14-35/h1,3,5-6,11-13,23-25,39,44H,4,7-10,14,16-19H2/t23-,24?,25?,35+/m1/s1. The number of benzene rings is 3. The van der Waals surface area contributed by atoms with Gasteiger partial charge in [-0.1, -0.05) is 18.1 Å². The number of terminal acetylenes is 1. The SMILES string of the molecule is C#Cc1cccc2cc(O)cc(-c3c(C#N)cc4c(N5CC6CCC(C5)N6)nc(OC[C@@]56CCCN5C[C@H](F)C6)nc4c3F)c12. The number of phenols is 1. The lowest BCUT2D eigenvalue weighted by Gasteiger charge is -2.34. The maximum Gasteiger partial charge on any atom is 0.319 e. The highest BCUT2D eigenvalue weighted by Gasteiger charge is 2.49. The Morgan fingerprint density at radius 1 is 1.13 bits per heavy atom. The number of nitriles is 1. The van der Waals surface area contributed by atoms with Crippen molar-refractivity contribution in [1.29, 1.82) is 5.26 Å². The molecule has 45 heavy (non-hydrogen) atoms. The van der Waals surface area contributed by atoms with E-state index in [1.54, 1.807) is 30.3 Å². The summed E-state index contributed by atoms with van der Waals surface area (Å²) in [6, 6.07) is 12.7. The fourth-order valence-electron chi connectivity index (χ4n) is 8.20. The molecule has 0 saturated carbocycles. The molecule has 0 radical (unpaired) electrons. The molecule has 8 nitrogen and oxygen atoms in total. The van der Waals surface area contributed by atoms with Crippen molar-refractivity contribution in [3.8, 4) is 41.3 Å². The largest absolute Gasteiger partial charge is 0.508 e. The third-order valence-corrected chi connectivity index (χ3v) is 10.1. The van der Waals surface area contributed by atoms with Gasteiger partial charge in [-0.2, -0.15) is 15.2 Å². The van der Waals surface area contributed by atoms with Gasteiger partial charge < -0.3 is 20.1 Å². The molecule has 4 fully saturated rings. The minimum atomic E-state index is -0.910. The fraction of sp³-hybridized carbons (Fsp3) is 0.400. The van der Waals surface area contributed by atoms with Gasteiger partial charge in [-0.15, -0.1) is 6.42 Å². The maximum absolute atomic E-state index is 17.1. The second kappa shape index (κ2) is 10.5. The Labute approximate surface area is 259 Å². The predicted octanol–water partition coefficient (Wildman–Crippen LogP) is 5.04. The second-order valence-corrected chi connectivity index (χ2v) is 12.9. The van der Waals surface area contributed by atoms with E-state index in [1.165, 1.54) is 6.07 Å². The molecular weight excluding hydrogens is 574 g/mol. The number of alkyl halides is 1. The highest BCUT2D eigenvalue weighted by Crippen LogP contribution is 2.43. The summed E-state index contributed by atoms with van der Waals surface area (Å²) in [5, 5.41) is 26.2. The van der Waals surface area contributed by atoms with Crippen molar-refractivity contribution in [3.05, 3.63) is 53.3 Å². The lowest BCUT2D eigenvalue weighted by atomic mass is 9.90. The van der Waals surface area contributed by atoms with E-state index in [0.29, 0.717) is 59.2 Å². The van der Waals surface area contributed by atoms with Crippen LogP contribution in [0.4, 0.5) is 14.6 Å². The molecule has 4 saturated heterocycles. The summed E-state index contributed by atoms with van der Waals surface area (Å²) < 4.78 is 37.8. The molecule has 4 aliphatic heterocycles. The summed E-state index contributed by atoms with van der Waals surface area (Å²) in [5.41, 5.74) is 0.486. The topological polar surface area (TPSA) is 97.5 Å². The number of piperazine rings is 1. The molecule has 4 aliphatic rings. The molecule has 228 valence electrons. The Hall–Kier alpha value is -4.51. The lowest BCUT2D eigenvalue weighted by Crippen LogP contribution is -2.51. The molecule has 4 atom stereocenters. The lowest BCUT2D eigenvalue weighted by molar-refractivity contribution is 0.107. The van der Waals surface area contributed by atoms with Gasteiger partial charge in [0.2, 0.25) is 0 Å². The number of rotatable bonds is 5. The number of phenolic OH excluding ortho intramolecular Hbond substituents is 1. The van der Waals surface area contributed by atoms with Crippen LogP contribution >= 0.6 is 0 Å². The van der Waals surface area contributed by atoms with Crippen molar-refractivity contribution < 1.29 is 18.6 Å². The molecule has 2 bridgehead atoms. The first-order valence-corrected chi connectivity index (χ1v) is 15.6. The second-order valence-electron chi connectivity index (χ2n) is 12.9. The molecule has 0 aliphatic carbocycles. The van der Waals surface area contributed by atoms with Gasteiger partial charge in [0.15, 0.2) is 5.82 Å². The van der Waals surface area contributed by atoms with Crippen LogP contribution in [0.15, 0.2) is 36.4 Å². The molecule has 10 heteroatoms. The van der Waals surface area contributed by atoms with Gasteiger partial charge in [-0.05, 0) is 67.4 Å². The number of aromatic hydroxyl groups is 1. The summed E-state index contributed by atoms with van der Waals surface area (Å²) in [6.45, 7) is 2.78. The van der Waals surface area contributed by atoms with Gasteiger partial charge in [0.1, 0.15) is 29.9 Å². The Bertz CT molecular complexity index is 1940. The molecule has 5 heterocycles. The normalized spacial score (nSPS) is 25.9. The quantitative estimate of drug-likeness (QED) is 0.305. The fourth-order valence-corrected chi connectivity index (χ4v) is 8.20. The zero-order valence-electron chi connectivity index (χ0n) is 24.7. The molecule has 3 aromatic carbocycles. The van der Waals surface area contributed by atoms with E-state index in [4.69, 9.17) is 16.1 Å². The van der Waals surface area contributed by atoms with Crippen molar-refractivity contribution in [2.45, 2.75) is 55.9 Å². The molecule has 2 N–H and O–H groups in total. The Morgan fingerprint density at radius 2 is 1.96 bits per heavy atom. The number of hydrogen-bond donors (Lipinski definition) is 2. The molecule has 4 aromatic rings. The number of ether oxygens (including phenoxy) is 1. The Morgan fingerprint density at radius 3 is 2.73 bits per heavy atom. The van der Waals surface area contributed by atoms with Gasteiger partial charge in [-0.3, -0.25) is 4.90 Å². The van der Waals surface area contributed by atoms with Crippen LogP contribution in [0, 0.1) is 29.5 Å². The highest BCUT2D eigenvalue weighted by molar-refractivity contribution is 6.05. The van der Waals surface area contributed by atoms with E-state index in [9.17, 15) is 14.8 Å². The van der Waals surface area contributed by atoms with Gasteiger partial charge in [0.25, 0.3) is 0 Å². The van der Waals surface area contributed by atoms with Crippen LogP contribution < -0.4 is 15.0 Å². The van der Waals surface area contributed by atoms with E-state index in [-0.39, 0.29) is 47.1 Å². The van der Waals surface area contributed by atoms with E-state index in [1.807, 2.05) is 0 Å². The number of anilines is 1. The summed E-state index contributed by atoms with van der Waals surface area (Å²) in [6.07, 6.45) is 9.19. The third-order valence-electron chi connectivity index (χ3n) is 10.1. The van der Waals surface area contributed by atoms with Crippen molar-refractivity contribution >= 4 is 27.5 Å². The van der Waals surface area contributed by atoms with Crippen LogP contribution in [0.1, 0.15) is 43.2 Å². The van der Waals surface area contributed by atoms with Crippen molar-refractivity contribution in [3.63, 3.8) is 0 Å². The van der Waals surface area contributed by atoms with Crippen LogP contribution in [0.2, 0.25) is 0 Å². The van der Waals surface area contributed by atoms with Gasteiger partial charge >= 0.3 is 6.01 Å². The molecular formula is C35H32F2N6O2. The van der Waals surface area contributed by atoms with Crippen LogP contribution in [0.25, 0.3) is 32.8 Å². The van der Waals surface area contributed by atoms with Gasteiger partial charge in [0, 0.05) is 60.0 Å². The Balaban J connectivity index is 1.32. The molecule has 0 amide bonds.